The molecule has 2 aromatic rings. The summed E-state index contributed by atoms with van der Waals surface area (Å²) in [5.41, 5.74) is 2.21. The Balaban J connectivity index is 2.43. The predicted molar refractivity (Wildman–Crippen MR) is 102 cm³/mol. The van der Waals surface area contributed by atoms with E-state index in [1.54, 1.807) is 39.0 Å². The number of hydrogen-bond acceptors (Lipinski definition) is 3. The van der Waals surface area contributed by atoms with Crippen LogP contribution in [0.2, 0.25) is 0 Å². The van der Waals surface area contributed by atoms with Gasteiger partial charge in [-0.05, 0) is 51.5 Å². The summed E-state index contributed by atoms with van der Waals surface area (Å²) in [5, 5.41) is 1.01. The molecule has 150 valence electrons. The fraction of sp³-hybridized carbons (Fsp3) is 0.333. The molecule has 0 bridgehead atoms. The SMILES string of the molecule is CCc1c(OC)cccc1C(=O)NN(C(=O)c1cccc(F)c1F)C(C)(C)C. The van der Waals surface area contributed by atoms with Gasteiger partial charge in [0.2, 0.25) is 0 Å². The Kier molecular flexibility index (Phi) is 6.38. The minimum Gasteiger partial charge on any atom is -0.496 e. The fourth-order valence-corrected chi connectivity index (χ4v) is 2.81. The van der Waals surface area contributed by atoms with Crippen LogP contribution in [-0.2, 0) is 6.42 Å². The van der Waals surface area contributed by atoms with Gasteiger partial charge in [-0.3, -0.25) is 15.0 Å². The van der Waals surface area contributed by atoms with Gasteiger partial charge in [0.25, 0.3) is 11.8 Å². The molecule has 0 aliphatic heterocycles. The minimum atomic E-state index is -1.26. The fourth-order valence-electron chi connectivity index (χ4n) is 2.81. The van der Waals surface area contributed by atoms with Gasteiger partial charge in [-0.1, -0.05) is 19.1 Å². The highest BCUT2D eigenvalue weighted by molar-refractivity contribution is 6.00. The van der Waals surface area contributed by atoms with Crippen molar-refractivity contribution in [1.29, 1.82) is 0 Å². The first-order valence-electron chi connectivity index (χ1n) is 8.87. The van der Waals surface area contributed by atoms with E-state index >= 15 is 0 Å². The van der Waals surface area contributed by atoms with E-state index in [-0.39, 0.29) is 0 Å². The van der Waals surface area contributed by atoms with Crippen LogP contribution in [0.1, 0.15) is 54.0 Å². The van der Waals surface area contributed by atoms with E-state index in [2.05, 4.69) is 5.43 Å². The number of benzene rings is 2. The lowest BCUT2D eigenvalue weighted by molar-refractivity contribution is 0.0353. The first-order valence-corrected chi connectivity index (χ1v) is 8.87. The topological polar surface area (TPSA) is 58.6 Å². The number of carbonyl (C=O) groups is 2. The second-order valence-corrected chi connectivity index (χ2v) is 7.19. The van der Waals surface area contributed by atoms with Crippen molar-refractivity contribution in [1.82, 2.24) is 10.4 Å². The first kappa shape index (κ1) is 21.3. The van der Waals surface area contributed by atoms with Gasteiger partial charge in [0.15, 0.2) is 11.6 Å². The van der Waals surface area contributed by atoms with Gasteiger partial charge in [0.1, 0.15) is 5.75 Å². The molecule has 0 aromatic heterocycles. The summed E-state index contributed by atoms with van der Waals surface area (Å²) in [6.45, 7) is 6.90. The number of methoxy groups -OCH3 is 1. The number of rotatable bonds is 4. The Morgan fingerprint density at radius 1 is 1.07 bits per heavy atom. The van der Waals surface area contributed by atoms with Gasteiger partial charge in [-0.15, -0.1) is 0 Å². The molecule has 0 fully saturated rings. The van der Waals surface area contributed by atoms with Crippen LogP contribution in [0.25, 0.3) is 0 Å². The number of halogens is 2. The molecule has 0 atom stereocenters. The first-order chi connectivity index (χ1) is 13.1. The van der Waals surface area contributed by atoms with Crippen molar-refractivity contribution < 1.29 is 23.1 Å². The second kappa shape index (κ2) is 8.37. The highest BCUT2D eigenvalue weighted by Crippen LogP contribution is 2.24. The highest BCUT2D eigenvalue weighted by Gasteiger charge is 2.32. The van der Waals surface area contributed by atoms with Crippen LogP contribution >= 0.6 is 0 Å². The number of nitrogens with one attached hydrogen (secondary N) is 1. The predicted octanol–water partition coefficient (Wildman–Crippen LogP) is 4.12. The zero-order chi connectivity index (χ0) is 21.1. The third-order valence-corrected chi connectivity index (χ3v) is 4.22. The van der Waals surface area contributed by atoms with Crippen molar-refractivity contribution in [2.45, 2.75) is 39.7 Å². The quantitative estimate of drug-likeness (QED) is 0.799. The molecule has 5 nitrogen and oxygen atoms in total. The summed E-state index contributed by atoms with van der Waals surface area (Å²) in [6, 6.07) is 8.37. The molecule has 0 aliphatic rings. The van der Waals surface area contributed by atoms with Crippen LogP contribution in [0.15, 0.2) is 36.4 Å². The van der Waals surface area contributed by atoms with Gasteiger partial charge < -0.3 is 4.74 Å². The molecule has 7 heteroatoms. The third-order valence-electron chi connectivity index (χ3n) is 4.22. The molecule has 0 radical (unpaired) electrons. The Hall–Kier alpha value is -2.96. The largest absolute Gasteiger partial charge is 0.496 e. The summed E-state index contributed by atoms with van der Waals surface area (Å²) in [5.74, 6) is -3.23. The van der Waals surface area contributed by atoms with E-state index in [1.165, 1.54) is 19.2 Å². The van der Waals surface area contributed by atoms with Gasteiger partial charge >= 0.3 is 0 Å². The van der Waals surface area contributed by atoms with E-state index in [0.29, 0.717) is 23.3 Å². The Bertz CT molecular complexity index is 892. The molecule has 0 saturated carbocycles. The monoisotopic (exact) mass is 390 g/mol. The van der Waals surface area contributed by atoms with E-state index < -0.39 is 34.6 Å². The van der Waals surface area contributed by atoms with Crippen LogP contribution in [0.3, 0.4) is 0 Å². The molecular formula is C21H24F2N2O3. The van der Waals surface area contributed by atoms with Crippen LogP contribution in [0, 0.1) is 11.6 Å². The van der Waals surface area contributed by atoms with E-state index in [0.717, 1.165) is 11.1 Å². The maximum absolute atomic E-state index is 14.1. The van der Waals surface area contributed by atoms with E-state index in [9.17, 15) is 18.4 Å². The average Bonchev–Trinajstić information content (AvgIpc) is 2.65. The number of amides is 2. The Morgan fingerprint density at radius 3 is 2.25 bits per heavy atom. The molecule has 0 unspecified atom stereocenters. The molecule has 0 aliphatic carbocycles. The van der Waals surface area contributed by atoms with Crippen molar-refractivity contribution >= 4 is 11.8 Å². The molecular weight excluding hydrogens is 366 g/mol. The van der Waals surface area contributed by atoms with Gasteiger partial charge in [0, 0.05) is 11.1 Å². The van der Waals surface area contributed by atoms with Crippen molar-refractivity contribution in [3.05, 3.63) is 64.7 Å². The lowest BCUT2D eigenvalue weighted by atomic mass is 10.0. The van der Waals surface area contributed by atoms with E-state index in [4.69, 9.17) is 4.74 Å². The van der Waals surface area contributed by atoms with Crippen molar-refractivity contribution in [3.63, 3.8) is 0 Å². The normalized spacial score (nSPS) is 11.1. The minimum absolute atomic E-state index is 0.337. The third kappa shape index (κ3) is 4.30. The van der Waals surface area contributed by atoms with Crippen LogP contribution in [0.5, 0.6) is 5.75 Å². The molecule has 0 heterocycles. The van der Waals surface area contributed by atoms with Gasteiger partial charge in [-0.25, -0.2) is 13.8 Å². The summed E-state index contributed by atoms with van der Waals surface area (Å²) in [7, 11) is 1.51. The maximum atomic E-state index is 14.1. The Morgan fingerprint density at radius 2 is 1.68 bits per heavy atom. The van der Waals surface area contributed by atoms with Gasteiger partial charge in [-0.2, -0.15) is 0 Å². The maximum Gasteiger partial charge on any atom is 0.275 e. The number of hydrazine groups is 1. The molecule has 2 aromatic carbocycles. The summed E-state index contributed by atoms with van der Waals surface area (Å²) in [6.07, 6.45) is 0.536. The van der Waals surface area contributed by atoms with Gasteiger partial charge in [0.05, 0.1) is 18.2 Å². The lowest BCUT2D eigenvalue weighted by Crippen LogP contribution is -2.56. The van der Waals surface area contributed by atoms with Crippen molar-refractivity contribution in [2.75, 3.05) is 7.11 Å². The van der Waals surface area contributed by atoms with Crippen LogP contribution in [-0.4, -0.2) is 29.5 Å². The highest BCUT2D eigenvalue weighted by atomic mass is 19.2. The summed E-state index contributed by atoms with van der Waals surface area (Å²) >= 11 is 0. The average molecular weight is 390 g/mol. The number of ether oxygens (including phenoxy) is 1. The molecule has 0 saturated heterocycles. The van der Waals surface area contributed by atoms with Crippen LogP contribution < -0.4 is 10.2 Å². The summed E-state index contributed by atoms with van der Waals surface area (Å²) < 4.78 is 33.0. The Labute approximate surface area is 163 Å². The number of hydrogen-bond donors (Lipinski definition) is 1. The number of nitrogens with zero attached hydrogens (tertiary/aromatic N) is 1. The molecule has 28 heavy (non-hydrogen) atoms. The molecule has 1 N–H and O–H groups in total. The zero-order valence-electron chi connectivity index (χ0n) is 16.6. The van der Waals surface area contributed by atoms with E-state index in [1.807, 2.05) is 6.92 Å². The lowest BCUT2D eigenvalue weighted by Gasteiger charge is -2.35. The molecule has 2 amide bonds. The zero-order valence-corrected chi connectivity index (χ0v) is 16.6. The van der Waals surface area contributed by atoms with Crippen molar-refractivity contribution in [3.8, 4) is 5.75 Å². The molecule has 0 spiro atoms. The second-order valence-electron chi connectivity index (χ2n) is 7.19. The summed E-state index contributed by atoms with van der Waals surface area (Å²) in [4.78, 5) is 25.8. The number of carbonyl (C=O) groups excluding carboxylic acids is 2. The molecule has 2 rings (SSSR count). The smallest absolute Gasteiger partial charge is 0.275 e. The van der Waals surface area contributed by atoms with Crippen molar-refractivity contribution in [2.24, 2.45) is 0 Å². The standard InChI is InChI=1S/C21H24F2N2O3/c1-6-13-14(9-8-12-17(13)28-5)19(26)24-25(21(2,3)4)20(27)15-10-7-11-16(22)18(15)23/h7-12H,6H2,1-5H3,(H,24,26). The van der Waals surface area contributed by atoms with Crippen LogP contribution in [0.4, 0.5) is 8.78 Å².